The van der Waals surface area contributed by atoms with Crippen molar-refractivity contribution in [1.82, 2.24) is 10.9 Å². The lowest BCUT2D eigenvalue weighted by Crippen LogP contribution is -2.40. The van der Waals surface area contributed by atoms with Crippen LogP contribution in [0.15, 0.2) is 103 Å². The fourth-order valence-electron chi connectivity index (χ4n) is 4.10. The number of esters is 1. The Morgan fingerprint density at radius 1 is 0.609 bits per heavy atom. The quantitative estimate of drug-likeness (QED) is 0.0914. The van der Waals surface area contributed by atoms with E-state index >= 15 is 0 Å². The van der Waals surface area contributed by atoms with Crippen LogP contribution < -0.4 is 35.1 Å². The third-order valence-corrected chi connectivity index (χ3v) is 6.39. The van der Waals surface area contributed by atoms with E-state index in [2.05, 4.69) is 16.2 Å². The molecule has 0 fully saturated rings. The molecule has 0 aliphatic heterocycles. The minimum Gasteiger partial charge on any atom is -0.493 e. The molecule has 0 aliphatic rings. The number of anilines is 1. The van der Waals surface area contributed by atoms with Gasteiger partial charge < -0.3 is 24.3 Å². The Kier molecular flexibility index (Phi) is 11.3. The first-order valence-corrected chi connectivity index (χ1v) is 13.8. The molecule has 46 heavy (non-hydrogen) atoms. The Bertz CT molecular complexity index is 1740. The molecule has 0 bridgehead atoms. The molecule has 4 aromatic rings. The zero-order valence-electron chi connectivity index (χ0n) is 25.2. The van der Waals surface area contributed by atoms with E-state index in [1.165, 1.54) is 63.8 Å². The first-order chi connectivity index (χ1) is 22.3. The molecule has 3 N–H and O–H groups in total. The molecule has 0 unspecified atom stereocenters. The lowest BCUT2D eigenvalue weighted by atomic mass is 10.1. The lowest BCUT2D eigenvalue weighted by Gasteiger charge is -2.14. The third kappa shape index (κ3) is 8.83. The molecule has 0 saturated carbocycles. The fourth-order valence-corrected chi connectivity index (χ4v) is 4.10. The number of hydrazine groups is 1. The summed E-state index contributed by atoms with van der Waals surface area (Å²) in [6.07, 6.45) is 5.59. The van der Waals surface area contributed by atoms with Crippen LogP contribution >= 0.6 is 0 Å². The van der Waals surface area contributed by atoms with Crippen LogP contribution in [0.5, 0.6) is 23.0 Å². The van der Waals surface area contributed by atoms with Gasteiger partial charge in [0.1, 0.15) is 5.75 Å². The Morgan fingerprint density at radius 2 is 1.26 bits per heavy atom. The highest BCUT2D eigenvalue weighted by molar-refractivity contribution is 6.05. The van der Waals surface area contributed by atoms with Crippen LogP contribution in [-0.4, -0.2) is 45.0 Å². The number of carbonyl (C=O) groups excluding carboxylic acids is 4. The number of hydrogen-bond donors (Lipinski definition) is 3. The average Bonchev–Trinajstić information content (AvgIpc) is 3.09. The van der Waals surface area contributed by atoms with E-state index in [0.29, 0.717) is 28.5 Å². The standard InChI is InChI=1S/C35H31N3O8/c1-43-29-21-26(22-30(44-2)33(29)45-3)34(41)36-27-17-14-25(15-18-27)35(42)38-37-31(39)19-16-24-11-7-8-12-28(24)46-32(40)20-13-23-9-5-4-6-10-23/h4-22H,1-3H3,(H,36,41)(H,37,39)(H,38,42)/b19-16+,20-13+. The van der Waals surface area contributed by atoms with Crippen LogP contribution in [0.1, 0.15) is 31.8 Å². The van der Waals surface area contributed by atoms with Crippen LogP contribution in [0.3, 0.4) is 0 Å². The van der Waals surface area contributed by atoms with E-state index in [-0.39, 0.29) is 16.9 Å². The van der Waals surface area contributed by atoms with Crippen molar-refractivity contribution < 1.29 is 38.1 Å². The van der Waals surface area contributed by atoms with Crippen molar-refractivity contribution in [3.63, 3.8) is 0 Å². The molecule has 4 rings (SSSR count). The molecule has 234 valence electrons. The molecule has 0 spiro atoms. The van der Waals surface area contributed by atoms with E-state index in [4.69, 9.17) is 18.9 Å². The van der Waals surface area contributed by atoms with E-state index in [0.717, 1.165) is 5.56 Å². The van der Waals surface area contributed by atoms with Crippen molar-refractivity contribution in [3.8, 4) is 23.0 Å². The van der Waals surface area contributed by atoms with Crippen LogP contribution in [0, 0.1) is 0 Å². The normalized spacial score (nSPS) is 10.7. The topological polar surface area (TPSA) is 141 Å². The van der Waals surface area contributed by atoms with E-state index in [1.54, 1.807) is 42.5 Å². The molecule has 0 heterocycles. The first kappa shape index (κ1) is 32.6. The molecule has 11 nitrogen and oxygen atoms in total. The summed E-state index contributed by atoms with van der Waals surface area (Å²) >= 11 is 0. The molecular formula is C35H31N3O8. The second-order valence-corrected chi connectivity index (χ2v) is 9.43. The number of nitrogens with one attached hydrogen (secondary N) is 3. The van der Waals surface area contributed by atoms with Crippen molar-refractivity contribution in [2.45, 2.75) is 0 Å². The SMILES string of the molecule is COc1cc(C(=O)Nc2ccc(C(=O)NNC(=O)/C=C/c3ccccc3OC(=O)/C=C/c3ccccc3)cc2)cc(OC)c1OC. The summed E-state index contributed by atoms with van der Waals surface area (Å²) in [4.78, 5) is 50.1. The highest BCUT2D eigenvalue weighted by atomic mass is 16.5. The molecule has 0 saturated heterocycles. The Balaban J connectivity index is 1.30. The van der Waals surface area contributed by atoms with Gasteiger partial charge in [0.2, 0.25) is 5.75 Å². The number of benzene rings is 4. The van der Waals surface area contributed by atoms with Gasteiger partial charge in [-0.05, 0) is 60.2 Å². The summed E-state index contributed by atoms with van der Waals surface area (Å²) in [5.74, 6) is -0.931. The summed E-state index contributed by atoms with van der Waals surface area (Å²) in [5, 5.41) is 2.74. The summed E-state index contributed by atoms with van der Waals surface area (Å²) in [7, 11) is 4.37. The van der Waals surface area contributed by atoms with Crippen molar-refractivity contribution in [1.29, 1.82) is 0 Å². The van der Waals surface area contributed by atoms with Gasteiger partial charge in [-0.3, -0.25) is 25.2 Å². The zero-order valence-corrected chi connectivity index (χ0v) is 25.2. The maximum Gasteiger partial charge on any atom is 0.336 e. The number of methoxy groups -OCH3 is 3. The van der Waals surface area contributed by atoms with Crippen molar-refractivity contribution >= 4 is 41.5 Å². The van der Waals surface area contributed by atoms with E-state index in [1.807, 2.05) is 30.3 Å². The summed E-state index contributed by atoms with van der Waals surface area (Å²) in [5.41, 5.74) is 6.89. The van der Waals surface area contributed by atoms with Gasteiger partial charge in [-0.25, -0.2) is 4.79 Å². The maximum atomic E-state index is 12.8. The third-order valence-electron chi connectivity index (χ3n) is 6.39. The predicted octanol–water partition coefficient (Wildman–Crippen LogP) is 5.06. The number of amides is 3. The van der Waals surface area contributed by atoms with Crippen molar-refractivity contribution in [3.05, 3.63) is 125 Å². The maximum absolute atomic E-state index is 12.8. The molecule has 0 radical (unpaired) electrons. The Hall–Kier alpha value is -6.36. The van der Waals surface area contributed by atoms with E-state index in [9.17, 15) is 19.2 Å². The van der Waals surface area contributed by atoms with Gasteiger partial charge in [0.25, 0.3) is 17.7 Å². The van der Waals surface area contributed by atoms with Crippen LogP contribution in [0.4, 0.5) is 5.69 Å². The first-order valence-electron chi connectivity index (χ1n) is 13.8. The highest BCUT2D eigenvalue weighted by Gasteiger charge is 2.17. The molecule has 3 amide bonds. The van der Waals surface area contributed by atoms with Gasteiger partial charge in [0.05, 0.1) is 21.3 Å². The van der Waals surface area contributed by atoms with Crippen LogP contribution in [-0.2, 0) is 9.59 Å². The number of carbonyl (C=O) groups is 4. The van der Waals surface area contributed by atoms with Crippen LogP contribution in [0.2, 0.25) is 0 Å². The monoisotopic (exact) mass is 621 g/mol. The number of para-hydroxylation sites is 1. The minimum atomic E-state index is -0.618. The smallest absolute Gasteiger partial charge is 0.336 e. The van der Waals surface area contributed by atoms with Crippen molar-refractivity contribution in [2.75, 3.05) is 26.6 Å². The molecule has 11 heteroatoms. The summed E-state index contributed by atoms with van der Waals surface area (Å²) < 4.78 is 21.3. The zero-order chi connectivity index (χ0) is 32.9. The van der Waals surface area contributed by atoms with Gasteiger partial charge in [-0.15, -0.1) is 0 Å². The van der Waals surface area contributed by atoms with Crippen LogP contribution in [0.25, 0.3) is 12.2 Å². The van der Waals surface area contributed by atoms with Gasteiger partial charge in [0, 0.05) is 34.5 Å². The largest absolute Gasteiger partial charge is 0.493 e. The van der Waals surface area contributed by atoms with Gasteiger partial charge in [-0.2, -0.15) is 0 Å². The second-order valence-electron chi connectivity index (χ2n) is 9.43. The second kappa shape index (κ2) is 15.9. The van der Waals surface area contributed by atoms with Gasteiger partial charge >= 0.3 is 5.97 Å². The molecule has 0 aliphatic carbocycles. The predicted molar refractivity (Wildman–Crippen MR) is 173 cm³/mol. The molecule has 0 atom stereocenters. The van der Waals surface area contributed by atoms with Crippen molar-refractivity contribution in [2.24, 2.45) is 0 Å². The summed E-state index contributed by atoms with van der Waals surface area (Å²) in [6, 6.07) is 25.1. The highest BCUT2D eigenvalue weighted by Crippen LogP contribution is 2.38. The van der Waals surface area contributed by atoms with Gasteiger partial charge in [0.15, 0.2) is 11.5 Å². The summed E-state index contributed by atoms with van der Waals surface area (Å²) in [6.45, 7) is 0. The number of hydrogen-bond acceptors (Lipinski definition) is 8. The molecule has 0 aromatic heterocycles. The lowest BCUT2D eigenvalue weighted by molar-refractivity contribution is -0.128. The Labute approximate surface area is 265 Å². The molecular weight excluding hydrogens is 590 g/mol. The average molecular weight is 622 g/mol. The molecule has 4 aromatic carbocycles. The van der Waals surface area contributed by atoms with Gasteiger partial charge in [-0.1, -0.05) is 48.5 Å². The number of rotatable bonds is 11. The fraction of sp³-hybridized carbons (Fsp3) is 0.0857. The Morgan fingerprint density at radius 3 is 1.91 bits per heavy atom. The number of ether oxygens (including phenoxy) is 4. The minimum absolute atomic E-state index is 0.232. The van der Waals surface area contributed by atoms with E-state index < -0.39 is 23.7 Å².